The van der Waals surface area contributed by atoms with Gasteiger partial charge in [-0.15, -0.1) is 0 Å². The highest BCUT2D eigenvalue weighted by Gasteiger charge is 2.34. The highest BCUT2D eigenvalue weighted by atomic mass is 16.5. The van der Waals surface area contributed by atoms with Crippen molar-refractivity contribution in [2.24, 2.45) is 0 Å². The van der Waals surface area contributed by atoms with Crippen LogP contribution in [-0.2, 0) is 4.79 Å². The van der Waals surface area contributed by atoms with E-state index in [0.29, 0.717) is 18.5 Å². The van der Waals surface area contributed by atoms with Crippen molar-refractivity contribution in [3.63, 3.8) is 0 Å². The molecule has 1 heterocycles. The Morgan fingerprint density at radius 3 is 2.60 bits per heavy atom. The Morgan fingerprint density at radius 2 is 1.92 bits per heavy atom. The van der Waals surface area contributed by atoms with Gasteiger partial charge < -0.3 is 15.0 Å². The fourth-order valence-corrected chi connectivity index (χ4v) is 3.15. The number of anilines is 1. The second-order valence-corrected chi connectivity index (χ2v) is 6.19. The van der Waals surface area contributed by atoms with Crippen LogP contribution in [0.4, 0.5) is 5.69 Å². The van der Waals surface area contributed by atoms with Crippen molar-refractivity contribution in [3.05, 3.63) is 59.7 Å². The molecule has 3 rings (SSSR count). The highest BCUT2D eigenvalue weighted by Crippen LogP contribution is 2.24. The SMILES string of the molecule is COc1ccc(NC(=O)C2CCCN2C(=O)c2ccccc2)c(C)c1. The highest BCUT2D eigenvalue weighted by molar-refractivity contribution is 6.01. The van der Waals surface area contributed by atoms with Gasteiger partial charge in [-0.05, 0) is 55.7 Å². The number of hydrogen-bond donors (Lipinski definition) is 1. The lowest BCUT2D eigenvalue weighted by Gasteiger charge is -2.24. The van der Waals surface area contributed by atoms with Crippen LogP contribution < -0.4 is 10.1 Å². The summed E-state index contributed by atoms with van der Waals surface area (Å²) in [5, 5.41) is 2.95. The molecule has 25 heavy (non-hydrogen) atoms. The summed E-state index contributed by atoms with van der Waals surface area (Å²) in [7, 11) is 1.61. The number of rotatable bonds is 4. The molecule has 130 valence electrons. The van der Waals surface area contributed by atoms with Gasteiger partial charge in [-0.3, -0.25) is 9.59 Å². The first-order valence-corrected chi connectivity index (χ1v) is 8.41. The average Bonchev–Trinajstić information content (AvgIpc) is 3.13. The first-order valence-electron chi connectivity index (χ1n) is 8.41. The first kappa shape index (κ1) is 17.0. The lowest BCUT2D eigenvalue weighted by atomic mass is 10.1. The van der Waals surface area contributed by atoms with Gasteiger partial charge in [0.15, 0.2) is 0 Å². The van der Waals surface area contributed by atoms with E-state index in [1.165, 1.54) is 0 Å². The zero-order chi connectivity index (χ0) is 17.8. The summed E-state index contributed by atoms with van der Waals surface area (Å²) in [6, 6.07) is 14.2. The van der Waals surface area contributed by atoms with E-state index in [2.05, 4.69) is 5.32 Å². The summed E-state index contributed by atoms with van der Waals surface area (Å²) in [5.74, 6) is 0.511. The third-order valence-corrected chi connectivity index (χ3v) is 4.53. The number of methoxy groups -OCH3 is 1. The van der Waals surface area contributed by atoms with Crippen molar-refractivity contribution < 1.29 is 14.3 Å². The molecular formula is C20H22N2O3. The number of amides is 2. The van der Waals surface area contributed by atoms with Gasteiger partial charge in [0.25, 0.3) is 5.91 Å². The molecule has 1 unspecified atom stereocenters. The molecule has 0 spiro atoms. The summed E-state index contributed by atoms with van der Waals surface area (Å²) in [4.78, 5) is 27.1. The molecule has 2 amide bonds. The molecule has 1 aliphatic heterocycles. The minimum Gasteiger partial charge on any atom is -0.497 e. The van der Waals surface area contributed by atoms with Gasteiger partial charge in [-0.1, -0.05) is 18.2 Å². The largest absolute Gasteiger partial charge is 0.497 e. The summed E-state index contributed by atoms with van der Waals surface area (Å²) >= 11 is 0. The van der Waals surface area contributed by atoms with E-state index < -0.39 is 6.04 Å². The maximum Gasteiger partial charge on any atom is 0.254 e. The number of carbonyl (C=O) groups is 2. The number of hydrogen-bond acceptors (Lipinski definition) is 3. The van der Waals surface area contributed by atoms with E-state index in [-0.39, 0.29) is 11.8 Å². The standard InChI is InChI=1S/C20H22N2O3/c1-14-13-16(25-2)10-11-17(14)21-19(23)18-9-6-12-22(18)20(24)15-7-4-3-5-8-15/h3-5,7-8,10-11,13,18H,6,9,12H2,1-2H3,(H,21,23). The Kier molecular flexibility index (Phi) is 5.03. The zero-order valence-electron chi connectivity index (χ0n) is 14.5. The molecule has 2 aromatic rings. The van der Waals surface area contributed by atoms with Crippen molar-refractivity contribution in [1.82, 2.24) is 4.90 Å². The Hall–Kier alpha value is -2.82. The summed E-state index contributed by atoms with van der Waals surface area (Å²) in [6.07, 6.45) is 1.51. The lowest BCUT2D eigenvalue weighted by molar-refractivity contribution is -0.119. The van der Waals surface area contributed by atoms with Crippen molar-refractivity contribution in [1.29, 1.82) is 0 Å². The minimum atomic E-state index is -0.436. The van der Waals surface area contributed by atoms with Crippen molar-refractivity contribution in [2.75, 3.05) is 19.0 Å². The van der Waals surface area contributed by atoms with E-state index in [0.717, 1.165) is 23.4 Å². The van der Waals surface area contributed by atoms with E-state index in [9.17, 15) is 9.59 Å². The fourth-order valence-electron chi connectivity index (χ4n) is 3.15. The molecule has 1 atom stereocenters. The van der Waals surface area contributed by atoms with Crippen LogP contribution in [0.2, 0.25) is 0 Å². The quantitative estimate of drug-likeness (QED) is 0.931. The van der Waals surface area contributed by atoms with Crippen LogP contribution >= 0.6 is 0 Å². The smallest absolute Gasteiger partial charge is 0.254 e. The normalized spacial score (nSPS) is 16.6. The number of aryl methyl sites for hydroxylation is 1. The Bertz CT molecular complexity index is 774. The van der Waals surface area contributed by atoms with Crippen LogP contribution in [0.5, 0.6) is 5.75 Å². The summed E-state index contributed by atoms with van der Waals surface area (Å²) < 4.78 is 5.19. The van der Waals surface area contributed by atoms with E-state index in [4.69, 9.17) is 4.74 Å². The second-order valence-electron chi connectivity index (χ2n) is 6.19. The Morgan fingerprint density at radius 1 is 1.16 bits per heavy atom. The van der Waals surface area contributed by atoms with Crippen molar-refractivity contribution in [2.45, 2.75) is 25.8 Å². The lowest BCUT2D eigenvalue weighted by Crippen LogP contribution is -2.43. The monoisotopic (exact) mass is 338 g/mol. The number of ether oxygens (including phenoxy) is 1. The number of nitrogens with one attached hydrogen (secondary N) is 1. The van der Waals surface area contributed by atoms with Crippen molar-refractivity contribution >= 4 is 17.5 Å². The van der Waals surface area contributed by atoms with Gasteiger partial charge in [0.2, 0.25) is 5.91 Å². The minimum absolute atomic E-state index is 0.0929. The molecule has 0 aliphatic carbocycles. The van der Waals surface area contributed by atoms with Gasteiger partial charge in [-0.25, -0.2) is 0 Å². The molecule has 5 nitrogen and oxygen atoms in total. The van der Waals surface area contributed by atoms with Crippen LogP contribution in [0.3, 0.4) is 0 Å². The van der Waals surface area contributed by atoms with Gasteiger partial charge in [0.1, 0.15) is 11.8 Å². The Balaban J connectivity index is 1.74. The Labute approximate surface area is 147 Å². The van der Waals surface area contributed by atoms with Crippen molar-refractivity contribution in [3.8, 4) is 5.75 Å². The molecule has 0 radical (unpaired) electrons. The first-order chi connectivity index (χ1) is 12.1. The molecule has 1 fully saturated rings. The molecule has 1 saturated heterocycles. The number of benzene rings is 2. The number of nitrogens with zero attached hydrogens (tertiary/aromatic N) is 1. The molecule has 1 N–H and O–H groups in total. The zero-order valence-corrected chi connectivity index (χ0v) is 14.5. The average molecular weight is 338 g/mol. The van der Waals surface area contributed by atoms with Crippen LogP contribution in [0.25, 0.3) is 0 Å². The number of likely N-dealkylation sites (tertiary alicyclic amines) is 1. The van der Waals surface area contributed by atoms with Crippen LogP contribution in [-0.4, -0.2) is 36.4 Å². The van der Waals surface area contributed by atoms with Gasteiger partial charge in [0, 0.05) is 17.8 Å². The second kappa shape index (κ2) is 7.38. The molecule has 5 heteroatoms. The third-order valence-electron chi connectivity index (χ3n) is 4.53. The molecule has 0 bridgehead atoms. The van der Waals surface area contributed by atoms with Crippen LogP contribution in [0.1, 0.15) is 28.8 Å². The molecular weight excluding hydrogens is 316 g/mol. The summed E-state index contributed by atoms with van der Waals surface area (Å²) in [6.45, 7) is 2.52. The van der Waals surface area contributed by atoms with E-state index in [1.54, 1.807) is 24.1 Å². The predicted octanol–water partition coefficient (Wildman–Crippen LogP) is 3.25. The maximum atomic E-state index is 12.7. The molecule has 1 aliphatic rings. The molecule has 0 aromatic heterocycles. The fraction of sp³-hybridized carbons (Fsp3) is 0.300. The summed E-state index contributed by atoms with van der Waals surface area (Å²) in [5.41, 5.74) is 2.28. The topological polar surface area (TPSA) is 58.6 Å². The van der Waals surface area contributed by atoms with Gasteiger partial charge in [0.05, 0.1) is 7.11 Å². The van der Waals surface area contributed by atoms with Crippen LogP contribution in [0, 0.1) is 6.92 Å². The number of carbonyl (C=O) groups excluding carboxylic acids is 2. The molecule has 0 saturated carbocycles. The van der Waals surface area contributed by atoms with E-state index in [1.807, 2.05) is 43.3 Å². The predicted molar refractivity (Wildman–Crippen MR) is 96.9 cm³/mol. The third kappa shape index (κ3) is 3.65. The van der Waals surface area contributed by atoms with E-state index >= 15 is 0 Å². The maximum absolute atomic E-state index is 12.7. The van der Waals surface area contributed by atoms with Crippen LogP contribution in [0.15, 0.2) is 48.5 Å². The van der Waals surface area contributed by atoms with Gasteiger partial charge >= 0.3 is 0 Å². The molecule has 2 aromatic carbocycles. The van der Waals surface area contributed by atoms with Gasteiger partial charge in [-0.2, -0.15) is 0 Å².